The second kappa shape index (κ2) is 6.76. The lowest BCUT2D eigenvalue weighted by Crippen LogP contribution is -2.49. The molecule has 2 N–H and O–H groups in total. The summed E-state index contributed by atoms with van der Waals surface area (Å²) in [4.78, 5) is 4.79. The molecule has 3 aliphatic heterocycles. The van der Waals surface area contributed by atoms with Crippen molar-refractivity contribution in [2.24, 2.45) is 5.73 Å². The summed E-state index contributed by atoms with van der Waals surface area (Å²) in [5.74, 6) is -0.920. The van der Waals surface area contributed by atoms with E-state index in [1.54, 1.807) is 5.57 Å². The van der Waals surface area contributed by atoms with Gasteiger partial charge in [-0.15, -0.1) is 0 Å². The summed E-state index contributed by atoms with van der Waals surface area (Å²) in [6, 6.07) is 3.36. The van der Waals surface area contributed by atoms with Crippen molar-refractivity contribution >= 4 is 0 Å². The summed E-state index contributed by atoms with van der Waals surface area (Å²) >= 11 is 0. The zero-order valence-electron chi connectivity index (χ0n) is 14.5. The molecule has 25 heavy (non-hydrogen) atoms. The van der Waals surface area contributed by atoms with Crippen molar-refractivity contribution in [3.05, 3.63) is 46.5 Å². The van der Waals surface area contributed by atoms with Crippen molar-refractivity contribution in [1.82, 2.24) is 9.80 Å². The lowest BCUT2D eigenvalue weighted by molar-refractivity contribution is -0.0465. The maximum absolute atomic E-state index is 14.0. The second-order valence-corrected chi connectivity index (χ2v) is 7.57. The van der Waals surface area contributed by atoms with E-state index < -0.39 is 17.7 Å². The Balaban J connectivity index is 1.42. The Hall–Kier alpha value is -1.34. The molecule has 0 amide bonds. The van der Waals surface area contributed by atoms with E-state index in [4.69, 9.17) is 10.5 Å². The van der Waals surface area contributed by atoms with Crippen LogP contribution in [-0.2, 0) is 4.74 Å². The van der Waals surface area contributed by atoms with Crippen molar-refractivity contribution in [2.45, 2.75) is 31.0 Å². The van der Waals surface area contributed by atoms with E-state index in [0.717, 1.165) is 51.2 Å². The van der Waals surface area contributed by atoms with Gasteiger partial charge in [-0.2, -0.15) is 0 Å². The highest BCUT2D eigenvalue weighted by molar-refractivity contribution is 5.28. The fourth-order valence-electron chi connectivity index (χ4n) is 4.33. The molecule has 0 bridgehead atoms. The lowest BCUT2D eigenvalue weighted by atomic mass is 9.93. The van der Waals surface area contributed by atoms with Crippen molar-refractivity contribution < 1.29 is 13.5 Å². The van der Waals surface area contributed by atoms with Gasteiger partial charge in [0.05, 0.1) is 6.61 Å². The predicted molar refractivity (Wildman–Crippen MR) is 92.1 cm³/mol. The number of benzene rings is 1. The Kier molecular flexibility index (Phi) is 4.62. The average Bonchev–Trinajstić information content (AvgIpc) is 3.00. The Morgan fingerprint density at radius 1 is 1.16 bits per heavy atom. The van der Waals surface area contributed by atoms with Gasteiger partial charge in [0.2, 0.25) is 0 Å². The van der Waals surface area contributed by atoms with Crippen LogP contribution < -0.4 is 5.73 Å². The monoisotopic (exact) mass is 349 g/mol. The van der Waals surface area contributed by atoms with Gasteiger partial charge in [0, 0.05) is 43.8 Å². The summed E-state index contributed by atoms with van der Waals surface area (Å²) in [6.45, 7) is 4.63. The number of likely N-dealkylation sites (N-methyl/N-ethyl adjacent to an activating group) is 1. The molecule has 1 fully saturated rings. The highest BCUT2D eigenvalue weighted by Crippen LogP contribution is 2.34. The normalized spacial score (nSPS) is 31.4. The maximum Gasteiger partial charge on any atom is 0.129 e. The standard InChI is InChI=1S/C19H25F2N3O/c1-23-5-4-12-9-24(10-13(12)8-23)15-7-18(22)19(25-11-15)16-6-14(20)2-3-17(16)21/h2-3,6,15,18-19H,4-5,7-11,22H2,1H3/t15?,18-,19+/m0/s1. The van der Waals surface area contributed by atoms with E-state index in [0.29, 0.717) is 6.61 Å². The van der Waals surface area contributed by atoms with Crippen LogP contribution in [0.15, 0.2) is 29.3 Å². The van der Waals surface area contributed by atoms with Crippen LogP contribution in [0.25, 0.3) is 0 Å². The van der Waals surface area contributed by atoms with Crippen LogP contribution in [0.2, 0.25) is 0 Å². The van der Waals surface area contributed by atoms with Gasteiger partial charge in [-0.1, -0.05) is 5.57 Å². The molecular formula is C19H25F2N3O. The first kappa shape index (κ1) is 17.1. The van der Waals surface area contributed by atoms with E-state index in [2.05, 4.69) is 16.8 Å². The highest BCUT2D eigenvalue weighted by Gasteiger charge is 2.37. The fraction of sp³-hybridized carbons (Fsp3) is 0.579. The van der Waals surface area contributed by atoms with Crippen LogP contribution in [0.3, 0.4) is 0 Å². The van der Waals surface area contributed by atoms with E-state index in [9.17, 15) is 8.78 Å². The van der Waals surface area contributed by atoms with Gasteiger partial charge in [0.15, 0.2) is 0 Å². The minimum atomic E-state index is -0.580. The molecule has 0 aliphatic carbocycles. The van der Waals surface area contributed by atoms with Crippen LogP contribution in [-0.4, -0.2) is 61.7 Å². The van der Waals surface area contributed by atoms with Crippen LogP contribution in [0.1, 0.15) is 24.5 Å². The predicted octanol–water partition coefficient (Wildman–Crippen LogP) is 2.07. The van der Waals surface area contributed by atoms with Gasteiger partial charge in [0.1, 0.15) is 17.7 Å². The van der Waals surface area contributed by atoms with E-state index in [1.165, 1.54) is 11.6 Å². The number of nitrogens with two attached hydrogens (primary N) is 1. The zero-order chi connectivity index (χ0) is 17.6. The van der Waals surface area contributed by atoms with E-state index >= 15 is 0 Å². The van der Waals surface area contributed by atoms with E-state index in [-0.39, 0.29) is 17.6 Å². The zero-order valence-corrected chi connectivity index (χ0v) is 14.5. The van der Waals surface area contributed by atoms with Gasteiger partial charge in [-0.3, -0.25) is 4.90 Å². The van der Waals surface area contributed by atoms with Gasteiger partial charge >= 0.3 is 0 Å². The van der Waals surface area contributed by atoms with Gasteiger partial charge in [0.25, 0.3) is 0 Å². The average molecular weight is 349 g/mol. The molecule has 3 atom stereocenters. The number of ether oxygens (including phenoxy) is 1. The van der Waals surface area contributed by atoms with Crippen LogP contribution in [0.4, 0.5) is 8.78 Å². The quantitative estimate of drug-likeness (QED) is 0.830. The van der Waals surface area contributed by atoms with Gasteiger partial charge < -0.3 is 15.4 Å². The molecular weight excluding hydrogens is 324 g/mol. The number of rotatable bonds is 2. The molecule has 0 saturated carbocycles. The molecule has 1 unspecified atom stereocenters. The number of hydrogen-bond donors (Lipinski definition) is 1. The Morgan fingerprint density at radius 2 is 1.96 bits per heavy atom. The molecule has 1 aromatic rings. The summed E-state index contributed by atoms with van der Waals surface area (Å²) < 4.78 is 33.4. The third kappa shape index (κ3) is 3.36. The first-order chi connectivity index (χ1) is 12.0. The largest absolute Gasteiger partial charge is 0.370 e. The molecule has 136 valence electrons. The molecule has 3 aliphatic rings. The molecule has 3 heterocycles. The summed E-state index contributed by atoms with van der Waals surface area (Å²) in [5, 5.41) is 0. The topological polar surface area (TPSA) is 41.7 Å². The molecule has 0 spiro atoms. The lowest BCUT2D eigenvalue weighted by Gasteiger charge is -2.39. The molecule has 1 saturated heterocycles. The van der Waals surface area contributed by atoms with Crippen molar-refractivity contribution in [3.8, 4) is 0 Å². The summed E-state index contributed by atoms with van der Waals surface area (Å²) in [5.41, 5.74) is 9.61. The van der Waals surface area contributed by atoms with Crippen LogP contribution in [0.5, 0.6) is 0 Å². The Morgan fingerprint density at radius 3 is 2.76 bits per heavy atom. The first-order valence-corrected chi connectivity index (χ1v) is 8.95. The Bertz CT molecular complexity index is 693. The molecule has 4 rings (SSSR count). The van der Waals surface area contributed by atoms with Crippen molar-refractivity contribution in [1.29, 1.82) is 0 Å². The molecule has 6 heteroatoms. The highest BCUT2D eigenvalue weighted by atomic mass is 19.1. The molecule has 4 nitrogen and oxygen atoms in total. The second-order valence-electron chi connectivity index (χ2n) is 7.57. The molecule has 0 radical (unpaired) electrons. The molecule has 0 aromatic heterocycles. The van der Waals surface area contributed by atoms with E-state index in [1.807, 2.05) is 0 Å². The van der Waals surface area contributed by atoms with Crippen LogP contribution in [0, 0.1) is 11.6 Å². The van der Waals surface area contributed by atoms with Crippen molar-refractivity contribution in [3.63, 3.8) is 0 Å². The fourth-order valence-corrected chi connectivity index (χ4v) is 4.33. The van der Waals surface area contributed by atoms with Crippen LogP contribution >= 0.6 is 0 Å². The summed E-state index contributed by atoms with van der Waals surface area (Å²) in [7, 11) is 2.16. The SMILES string of the molecule is CN1CCC2=C(C1)CN(C1CO[C@H](c3cc(F)ccc3F)[C@@H](N)C1)C2. The maximum atomic E-state index is 14.0. The Labute approximate surface area is 147 Å². The van der Waals surface area contributed by atoms with Gasteiger partial charge in [-0.25, -0.2) is 8.78 Å². The summed E-state index contributed by atoms with van der Waals surface area (Å²) in [6.07, 6.45) is 1.29. The first-order valence-electron chi connectivity index (χ1n) is 8.95. The molecule has 1 aromatic carbocycles. The third-order valence-electron chi connectivity index (χ3n) is 5.73. The number of hydrogen-bond acceptors (Lipinski definition) is 4. The number of nitrogens with zero attached hydrogens (tertiary/aromatic N) is 2. The minimum Gasteiger partial charge on any atom is -0.370 e. The van der Waals surface area contributed by atoms with Crippen molar-refractivity contribution in [2.75, 3.05) is 39.8 Å². The number of halogens is 2. The smallest absolute Gasteiger partial charge is 0.129 e. The third-order valence-corrected chi connectivity index (χ3v) is 5.73. The minimum absolute atomic E-state index is 0.228. The van der Waals surface area contributed by atoms with Gasteiger partial charge in [-0.05, 0) is 43.7 Å².